The second-order valence-electron chi connectivity index (χ2n) is 6.66. The van der Waals surface area contributed by atoms with E-state index in [9.17, 15) is 13.2 Å². The van der Waals surface area contributed by atoms with Crippen molar-refractivity contribution < 1.29 is 17.9 Å². The fourth-order valence-electron chi connectivity index (χ4n) is 2.77. The van der Waals surface area contributed by atoms with Crippen LogP contribution in [-0.2, 0) is 14.8 Å². The SMILES string of the molecule is COc1ccc2nc(NC(=O)C(C)Sc3ccc(NS(=O)(=O)c4cccs4)cc3)sc2c1. The Morgan fingerprint density at radius 2 is 1.94 bits per heavy atom. The van der Waals surface area contributed by atoms with Crippen LogP contribution in [0.4, 0.5) is 10.8 Å². The number of fused-ring (bicyclic) bond motifs is 1. The highest BCUT2D eigenvalue weighted by molar-refractivity contribution is 8.00. The minimum Gasteiger partial charge on any atom is -0.497 e. The van der Waals surface area contributed by atoms with Crippen molar-refractivity contribution in [1.29, 1.82) is 0 Å². The minimum absolute atomic E-state index is 0.163. The number of aromatic nitrogens is 1. The molecule has 7 nitrogen and oxygen atoms in total. The van der Waals surface area contributed by atoms with Crippen molar-refractivity contribution in [2.45, 2.75) is 21.3 Å². The second-order valence-corrected chi connectivity index (χ2v) is 12.0. The summed E-state index contributed by atoms with van der Waals surface area (Å²) in [5.74, 6) is 0.576. The molecule has 0 aliphatic rings. The van der Waals surface area contributed by atoms with Gasteiger partial charge in [0, 0.05) is 10.6 Å². The van der Waals surface area contributed by atoms with Gasteiger partial charge in [-0.2, -0.15) is 0 Å². The van der Waals surface area contributed by atoms with Crippen LogP contribution in [0, 0.1) is 0 Å². The third-order valence-corrected chi connectivity index (χ3v) is 9.20. The number of sulfonamides is 1. The Bertz CT molecular complexity index is 1330. The zero-order valence-electron chi connectivity index (χ0n) is 17.1. The molecule has 1 atom stereocenters. The highest BCUT2D eigenvalue weighted by Crippen LogP contribution is 2.31. The van der Waals surface area contributed by atoms with E-state index in [0.717, 1.165) is 32.2 Å². The van der Waals surface area contributed by atoms with Crippen LogP contribution in [0.5, 0.6) is 5.75 Å². The van der Waals surface area contributed by atoms with Crippen LogP contribution in [-0.4, -0.2) is 31.7 Å². The molecule has 1 unspecified atom stereocenters. The maximum Gasteiger partial charge on any atom is 0.271 e. The molecule has 4 rings (SSSR count). The molecule has 2 N–H and O–H groups in total. The van der Waals surface area contributed by atoms with E-state index in [0.29, 0.717) is 10.8 Å². The highest BCUT2D eigenvalue weighted by Gasteiger charge is 2.18. The third-order valence-electron chi connectivity index (χ3n) is 4.37. The lowest BCUT2D eigenvalue weighted by atomic mass is 10.3. The predicted molar refractivity (Wildman–Crippen MR) is 132 cm³/mol. The van der Waals surface area contributed by atoms with E-state index in [1.54, 1.807) is 48.9 Å². The standard InChI is InChI=1S/C21H19N3O4S4/c1-13(20(25)23-21-22-17-10-7-15(28-2)12-18(17)31-21)30-16-8-5-14(6-9-16)24-32(26,27)19-4-3-11-29-19/h3-13,24H,1-2H3,(H,22,23,25). The quantitative estimate of drug-likeness (QED) is 0.316. The number of nitrogens with one attached hydrogen (secondary N) is 2. The molecule has 32 heavy (non-hydrogen) atoms. The molecule has 2 aromatic carbocycles. The molecule has 0 saturated heterocycles. The average molecular weight is 506 g/mol. The summed E-state index contributed by atoms with van der Waals surface area (Å²) in [4.78, 5) is 17.9. The Morgan fingerprint density at radius 1 is 1.16 bits per heavy atom. The molecule has 166 valence electrons. The van der Waals surface area contributed by atoms with Gasteiger partial charge in [0.2, 0.25) is 5.91 Å². The van der Waals surface area contributed by atoms with Crippen molar-refractivity contribution in [1.82, 2.24) is 4.98 Å². The van der Waals surface area contributed by atoms with Gasteiger partial charge in [0.25, 0.3) is 10.0 Å². The first-order valence-electron chi connectivity index (χ1n) is 9.42. The van der Waals surface area contributed by atoms with E-state index >= 15 is 0 Å². The van der Waals surface area contributed by atoms with Gasteiger partial charge in [0.05, 0.1) is 22.6 Å². The summed E-state index contributed by atoms with van der Waals surface area (Å²) in [7, 11) is -1.98. The van der Waals surface area contributed by atoms with Crippen LogP contribution >= 0.6 is 34.4 Å². The Balaban J connectivity index is 1.37. The van der Waals surface area contributed by atoms with Crippen LogP contribution in [0.1, 0.15) is 6.92 Å². The summed E-state index contributed by atoms with van der Waals surface area (Å²) in [6.45, 7) is 1.81. The number of methoxy groups -OCH3 is 1. The third kappa shape index (κ3) is 5.23. The molecule has 0 bridgehead atoms. The van der Waals surface area contributed by atoms with E-state index in [1.807, 2.05) is 25.1 Å². The number of hydrogen-bond donors (Lipinski definition) is 2. The van der Waals surface area contributed by atoms with E-state index in [4.69, 9.17) is 4.74 Å². The Hall–Kier alpha value is -2.60. The molecule has 1 amide bonds. The Morgan fingerprint density at radius 3 is 2.62 bits per heavy atom. The molecule has 0 fully saturated rings. The number of thioether (sulfide) groups is 1. The number of thiazole rings is 1. The number of hydrogen-bond acceptors (Lipinski definition) is 8. The van der Waals surface area contributed by atoms with Gasteiger partial charge in [-0.25, -0.2) is 13.4 Å². The van der Waals surface area contributed by atoms with Crippen molar-refractivity contribution in [3.05, 3.63) is 60.0 Å². The van der Waals surface area contributed by atoms with Crippen LogP contribution in [0.2, 0.25) is 0 Å². The van der Waals surface area contributed by atoms with Gasteiger partial charge in [-0.05, 0) is 60.8 Å². The topological polar surface area (TPSA) is 97.4 Å². The largest absolute Gasteiger partial charge is 0.497 e. The Labute approximate surface area is 197 Å². The van der Waals surface area contributed by atoms with Gasteiger partial charge >= 0.3 is 0 Å². The molecular formula is C21H19N3O4S4. The molecule has 2 aromatic heterocycles. The van der Waals surface area contributed by atoms with Crippen molar-refractivity contribution in [3.63, 3.8) is 0 Å². The van der Waals surface area contributed by atoms with Gasteiger partial charge in [-0.15, -0.1) is 23.1 Å². The molecule has 0 spiro atoms. The second kappa shape index (κ2) is 9.49. The number of thiophene rings is 1. The molecule has 2 heterocycles. The number of nitrogens with zero attached hydrogens (tertiary/aromatic N) is 1. The smallest absolute Gasteiger partial charge is 0.271 e. The van der Waals surface area contributed by atoms with E-state index in [1.165, 1.54) is 23.1 Å². The average Bonchev–Trinajstić information content (AvgIpc) is 3.44. The van der Waals surface area contributed by atoms with Gasteiger partial charge < -0.3 is 10.1 Å². The fraction of sp³-hybridized carbons (Fsp3) is 0.143. The molecule has 0 radical (unpaired) electrons. The number of amides is 1. The molecule has 4 aromatic rings. The summed E-state index contributed by atoms with van der Waals surface area (Å²) < 4.78 is 33.6. The maximum atomic E-state index is 12.6. The first-order valence-corrected chi connectivity index (χ1v) is 13.5. The highest BCUT2D eigenvalue weighted by atomic mass is 32.2. The first kappa shape index (κ1) is 22.6. The van der Waals surface area contributed by atoms with Crippen LogP contribution in [0.3, 0.4) is 0 Å². The predicted octanol–water partition coefficient (Wildman–Crippen LogP) is 5.29. The zero-order chi connectivity index (χ0) is 22.7. The molecule has 0 saturated carbocycles. The molecule has 11 heteroatoms. The number of carbonyl (C=O) groups is 1. The number of rotatable bonds is 8. The van der Waals surface area contributed by atoms with Crippen LogP contribution in [0.25, 0.3) is 10.2 Å². The summed E-state index contributed by atoms with van der Waals surface area (Å²) in [5, 5.41) is 4.74. The minimum atomic E-state index is -3.59. The molecule has 0 aliphatic carbocycles. The summed E-state index contributed by atoms with van der Waals surface area (Å²) >= 11 is 3.92. The van der Waals surface area contributed by atoms with E-state index in [2.05, 4.69) is 15.0 Å². The zero-order valence-corrected chi connectivity index (χ0v) is 20.3. The summed E-state index contributed by atoms with van der Waals surface area (Å²) in [6, 6.07) is 15.7. The number of carbonyl (C=O) groups excluding carboxylic acids is 1. The summed E-state index contributed by atoms with van der Waals surface area (Å²) in [5.41, 5.74) is 1.26. The van der Waals surface area contributed by atoms with E-state index in [-0.39, 0.29) is 15.4 Å². The molecule has 0 aliphatic heterocycles. The normalized spacial score (nSPS) is 12.4. The van der Waals surface area contributed by atoms with E-state index < -0.39 is 10.0 Å². The number of anilines is 2. The van der Waals surface area contributed by atoms with Crippen molar-refractivity contribution in [3.8, 4) is 5.75 Å². The summed E-state index contributed by atoms with van der Waals surface area (Å²) in [6.07, 6.45) is 0. The van der Waals surface area contributed by atoms with Crippen molar-refractivity contribution in [2.75, 3.05) is 17.1 Å². The van der Waals surface area contributed by atoms with Crippen LogP contribution in [0.15, 0.2) is 69.1 Å². The lowest BCUT2D eigenvalue weighted by Gasteiger charge is -2.11. The Kier molecular flexibility index (Phi) is 6.70. The van der Waals surface area contributed by atoms with Gasteiger partial charge in [0.15, 0.2) is 5.13 Å². The maximum absolute atomic E-state index is 12.6. The van der Waals surface area contributed by atoms with Crippen LogP contribution < -0.4 is 14.8 Å². The lowest BCUT2D eigenvalue weighted by Crippen LogP contribution is -2.22. The van der Waals surface area contributed by atoms with Crippen molar-refractivity contribution in [2.24, 2.45) is 0 Å². The number of benzene rings is 2. The molecular weight excluding hydrogens is 487 g/mol. The number of ether oxygens (including phenoxy) is 1. The van der Waals surface area contributed by atoms with Gasteiger partial charge in [-0.3, -0.25) is 9.52 Å². The van der Waals surface area contributed by atoms with Gasteiger partial charge in [0.1, 0.15) is 9.96 Å². The monoisotopic (exact) mass is 505 g/mol. The fourth-order valence-corrected chi connectivity index (χ4v) is 6.59. The lowest BCUT2D eigenvalue weighted by molar-refractivity contribution is -0.115. The van der Waals surface area contributed by atoms with Crippen molar-refractivity contribution >= 4 is 71.4 Å². The first-order chi connectivity index (χ1) is 15.3. The van der Waals surface area contributed by atoms with Gasteiger partial charge in [-0.1, -0.05) is 17.4 Å².